The standard InChI is InChI=1S/C11H22O3/c1-8(2)11(6,7)14-13-9(12)10(3,4)5/h8H,1-7H3. The number of carbonyl (C=O) groups excluding carboxylic acids is 1. The van der Waals surface area contributed by atoms with Crippen LogP contribution in [0.1, 0.15) is 48.5 Å². The first-order chi connectivity index (χ1) is 6.07. The van der Waals surface area contributed by atoms with Gasteiger partial charge in [-0.25, -0.2) is 4.79 Å². The van der Waals surface area contributed by atoms with Gasteiger partial charge in [0.2, 0.25) is 0 Å². The summed E-state index contributed by atoms with van der Waals surface area (Å²) < 4.78 is 0. The van der Waals surface area contributed by atoms with E-state index in [4.69, 9.17) is 9.78 Å². The third-order valence-corrected chi connectivity index (χ3v) is 2.33. The van der Waals surface area contributed by atoms with E-state index in [1.807, 2.05) is 27.7 Å². The van der Waals surface area contributed by atoms with E-state index in [-0.39, 0.29) is 11.9 Å². The molecule has 0 aliphatic carbocycles. The monoisotopic (exact) mass is 202 g/mol. The smallest absolute Gasteiger partial charge is 0.297 e. The minimum atomic E-state index is -0.521. The van der Waals surface area contributed by atoms with Gasteiger partial charge in [-0.3, -0.25) is 4.89 Å². The molecule has 0 aromatic carbocycles. The number of hydrogen-bond acceptors (Lipinski definition) is 3. The Balaban J connectivity index is 4.14. The molecule has 0 N–H and O–H groups in total. The molecule has 0 radical (unpaired) electrons. The van der Waals surface area contributed by atoms with Crippen LogP contribution in [-0.4, -0.2) is 11.6 Å². The Labute approximate surface area is 86.7 Å². The molecule has 0 aromatic heterocycles. The lowest BCUT2D eigenvalue weighted by molar-refractivity contribution is -0.338. The summed E-state index contributed by atoms with van der Waals surface area (Å²) in [7, 11) is 0. The van der Waals surface area contributed by atoms with Crippen molar-refractivity contribution in [1.29, 1.82) is 0 Å². The van der Waals surface area contributed by atoms with Gasteiger partial charge in [0.05, 0.1) is 5.41 Å². The zero-order chi connectivity index (χ0) is 11.6. The number of carbonyl (C=O) groups is 1. The molecule has 0 saturated heterocycles. The van der Waals surface area contributed by atoms with Crippen molar-refractivity contribution in [1.82, 2.24) is 0 Å². The molecule has 3 heteroatoms. The highest BCUT2D eigenvalue weighted by Gasteiger charge is 2.30. The van der Waals surface area contributed by atoms with E-state index >= 15 is 0 Å². The minimum Gasteiger partial charge on any atom is -0.297 e. The topological polar surface area (TPSA) is 35.5 Å². The highest BCUT2D eigenvalue weighted by Crippen LogP contribution is 2.23. The minimum absolute atomic E-state index is 0.287. The number of rotatable bonds is 3. The highest BCUT2D eigenvalue weighted by molar-refractivity contribution is 5.74. The predicted molar refractivity (Wildman–Crippen MR) is 55.5 cm³/mol. The van der Waals surface area contributed by atoms with E-state index in [0.717, 1.165) is 0 Å². The van der Waals surface area contributed by atoms with Crippen molar-refractivity contribution >= 4 is 5.97 Å². The van der Waals surface area contributed by atoms with Crippen LogP contribution in [0.15, 0.2) is 0 Å². The van der Waals surface area contributed by atoms with Crippen LogP contribution in [-0.2, 0) is 14.6 Å². The first kappa shape index (κ1) is 13.4. The Morgan fingerprint density at radius 1 is 1.07 bits per heavy atom. The number of hydrogen-bond donors (Lipinski definition) is 0. The van der Waals surface area contributed by atoms with Crippen LogP contribution in [0.25, 0.3) is 0 Å². The van der Waals surface area contributed by atoms with Gasteiger partial charge in [-0.1, -0.05) is 13.8 Å². The second-order valence-electron chi connectivity index (χ2n) is 5.46. The Morgan fingerprint density at radius 3 is 1.79 bits per heavy atom. The van der Waals surface area contributed by atoms with Crippen molar-refractivity contribution in [3.63, 3.8) is 0 Å². The molecule has 3 nitrogen and oxygen atoms in total. The Hall–Kier alpha value is -0.570. The van der Waals surface area contributed by atoms with Gasteiger partial charge in [-0.15, -0.1) is 0 Å². The summed E-state index contributed by atoms with van der Waals surface area (Å²) in [6, 6.07) is 0. The molecule has 0 unspecified atom stereocenters. The highest BCUT2D eigenvalue weighted by atomic mass is 17.2. The van der Waals surface area contributed by atoms with Crippen LogP contribution >= 0.6 is 0 Å². The quantitative estimate of drug-likeness (QED) is 0.521. The maximum Gasteiger partial charge on any atom is 0.347 e. The first-order valence-electron chi connectivity index (χ1n) is 4.97. The lowest BCUT2D eigenvalue weighted by atomic mass is 9.95. The van der Waals surface area contributed by atoms with Crippen molar-refractivity contribution in [2.24, 2.45) is 11.3 Å². The van der Waals surface area contributed by atoms with E-state index in [9.17, 15) is 4.79 Å². The van der Waals surface area contributed by atoms with Crippen LogP contribution in [0.4, 0.5) is 0 Å². The molecule has 0 saturated carbocycles. The van der Waals surface area contributed by atoms with E-state index in [0.29, 0.717) is 0 Å². The molecule has 0 heterocycles. The van der Waals surface area contributed by atoms with E-state index in [2.05, 4.69) is 0 Å². The fourth-order valence-electron chi connectivity index (χ4n) is 0.366. The maximum atomic E-state index is 11.4. The Morgan fingerprint density at radius 2 is 1.50 bits per heavy atom. The second kappa shape index (κ2) is 4.30. The van der Waals surface area contributed by atoms with Crippen molar-refractivity contribution in [3.8, 4) is 0 Å². The average molecular weight is 202 g/mol. The molecule has 0 spiro atoms. The summed E-state index contributed by atoms with van der Waals surface area (Å²) in [6.07, 6.45) is 0. The summed E-state index contributed by atoms with van der Waals surface area (Å²) in [6.45, 7) is 13.2. The fourth-order valence-corrected chi connectivity index (χ4v) is 0.366. The molecule has 0 aromatic rings. The first-order valence-corrected chi connectivity index (χ1v) is 4.97. The van der Waals surface area contributed by atoms with Gasteiger partial charge in [-0.2, -0.15) is 4.89 Å². The Kier molecular flexibility index (Phi) is 4.13. The third-order valence-electron chi connectivity index (χ3n) is 2.33. The molecule has 0 rings (SSSR count). The van der Waals surface area contributed by atoms with Crippen LogP contribution in [0.5, 0.6) is 0 Å². The van der Waals surface area contributed by atoms with Gasteiger partial charge in [0, 0.05) is 0 Å². The van der Waals surface area contributed by atoms with Gasteiger partial charge >= 0.3 is 5.97 Å². The molecule has 84 valence electrons. The Bertz CT molecular complexity index is 199. The summed E-state index contributed by atoms with van der Waals surface area (Å²) in [5.41, 5.74) is -0.964. The van der Waals surface area contributed by atoms with Gasteiger partial charge < -0.3 is 0 Å². The van der Waals surface area contributed by atoms with Crippen molar-refractivity contribution in [2.75, 3.05) is 0 Å². The molecule has 0 fully saturated rings. The van der Waals surface area contributed by atoms with E-state index in [1.54, 1.807) is 20.8 Å². The zero-order valence-corrected chi connectivity index (χ0v) is 10.3. The molecule has 0 aliphatic heterocycles. The molecule has 0 amide bonds. The second-order valence-corrected chi connectivity index (χ2v) is 5.46. The van der Waals surface area contributed by atoms with Crippen molar-refractivity contribution < 1.29 is 14.6 Å². The van der Waals surface area contributed by atoms with Gasteiger partial charge in [0.25, 0.3) is 0 Å². The SMILES string of the molecule is CC(C)C(C)(C)OOC(=O)C(C)(C)C. The van der Waals surface area contributed by atoms with Crippen LogP contribution < -0.4 is 0 Å². The summed E-state index contributed by atoms with van der Waals surface area (Å²) >= 11 is 0. The van der Waals surface area contributed by atoms with Crippen molar-refractivity contribution in [2.45, 2.75) is 54.1 Å². The lowest BCUT2D eigenvalue weighted by Gasteiger charge is -2.28. The molecule has 14 heavy (non-hydrogen) atoms. The average Bonchev–Trinajstić information content (AvgIpc) is 1.98. The van der Waals surface area contributed by atoms with Crippen LogP contribution in [0.3, 0.4) is 0 Å². The van der Waals surface area contributed by atoms with Gasteiger partial charge in [0.1, 0.15) is 5.60 Å². The largest absolute Gasteiger partial charge is 0.347 e. The third kappa shape index (κ3) is 4.09. The van der Waals surface area contributed by atoms with E-state index in [1.165, 1.54) is 0 Å². The molecule has 0 aliphatic rings. The zero-order valence-electron chi connectivity index (χ0n) is 10.3. The van der Waals surface area contributed by atoms with Crippen molar-refractivity contribution in [3.05, 3.63) is 0 Å². The normalized spacial score (nSPS) is 13.1. The van der Waals surface area contributed by atoms with E-state index < -0.39 is 11.0 Å². The summed E-state index contributed by atoms with van der Waals surface area (Å²) in [5, 5.41) is 0. The molecule has 0 bridgehead atoms. The lowest BCUT2D eigenvalue weighted by Crippen LogP contribution is -2.34. The summed E-state index contributed by atoms with van der Waals surface area (Å²) in [5.74, 6) is -0.0542. The molecule has 0 atom stereocenters. The van der Waals surface area contributed by atoms with Crippen LogP contribution in [0.2, 0.25) is 0 Å². The van der Waals surface area contributed by atoms with Gasteiger partial charge in [-0.05, 0) is 40.5 Å². The maximum absolute atomic E-state index is 11.4. The fraction of sp³-hybridized carbons (Fsp3) is 0.909. The van der Waals surface area contributed by atoms with Crippen LogP contribution in [0, 0.1) is 11.3 Å². The molecular formula is C11H22O3. The van der Waals surface area contributed by atoms with Gasteiger partial charge in [0.15, 0.2) is 0 Å². The molecular weight excluding hydrogens is 180 g/mol. The predicted octanol–water partition coefficient (Wildman–Crippen LogP) is 2.94. The summed E-state index contributed by atoms with van der Waals surface area (Å²) in [4.78, 5) is 21.3.